The third kappa shape index (κ3) is 3.46. The van der Waals surface area contributed by atoms with Gasteiger partial charge in [-0.2, -0.15) is 0 Å². The third-order valence-corrected chi connectivity index (χ3v) is 6.75. The molecule has 5 rings (SSSR count). The lowest BCUT2D eigenvalue weighted by atomic mass is 9.86. The molecule has 1 aromatic carbocycles. The van der Waals surface area contributed by atoms with E-state index in [1.54, 1.807) is 6.92 Å². The Balaban J connectivity index is 1.53. The number of rotatable bonds is 6. The van der Waals surface area contributed by atoms with Gasteiger partial charge in [-0.25, -0.2) is 9.78 Å². The lowest BCUT2D eigenvalue weighted by molar-refractivity contribution is -0.145. The molecule has 0 amide bonds. The molecule has 0 spiro atoms. The molecule has 0 N–H and O–H groups in total. The normalized spacial score (nSPS) is 25.5. The smallest absolute Gasteiger partial charge is 0.344 e. The number of carbonyl (C=O) groups is 1. The van der Waals surface area contributed by atoms with E-state index in [1.165, 1.54) is 29.5 Å². The van der Waals surface area contributed by atoms with E-state index in [4.69, 9.17) is 19.5 Å². The van der Waals surface area contributed by atoms with Crippen molar-refractivity contribution < 1.29 is 14.3 Å². The van der Waals surface area contributed by atoms with Crippen molar-refractivity contribution in [3.05, 3.63) is 59.3 Å². The first-order valence-corrected chi connectivity index (χ1v) is 11.2. The highest BCUT2D eigenvalue weighted by molar-refractivity contribution is 5.95. The van der Waals surface area contributed by atoms with Gasteiger partial charge in [0.1, 0.15) is 11.3 Å². The van der Waals surface area contributed by atoms with E-state index in [2.05, 4.69) is 43.3 Å². The molecule has 31 heavy (non-hydrogen) atoms. The summed E-state index contributed by atoms with van der Waals surface area (Å²) in [6, 6.07) is 10.3. The maximum absolute atomic E-state index is 11.8. The Morgan fingerprint density at radius 1 is 1.16 bits per heavy atom. The standard InChI is InChI=1S/C26H28N2O3/c1-4-30-23(29)15-31-21-11-10-19(24-17-8-9-18(14-17)25(21)24)20-6-5-7-22(27-20)26(3)13-12-16(2)28-26/h5-7,10-13,17-18H,4,8-9,14-15H2,1-3H3. The van der Waals surface area contributed by atoms with Crippen molar-refractivity contribution in [1.82, 2.24) is 4.98 Å². The molecule has 2 bridgehead atoms. The monoisotopic (exact) mass is 416 g/mol. The Bertz CT molecular complexity index is 1100. The fourth-order valence-electron chi connectivity index (χ4n) is 5.40. The maximum atomic E-state index is 11.8. The number of carbonyl (C=O) groups excluding carboxylic acids is 1. The van der Waals surface area contributed by atoms with Gasteiger partial charge in [-0.05, 0) is 93.9 Å². The van der Waals surface area contributed by atoms with Crippen molar-refractivity contribution >= 4 is 11.7 Å². The summed E-state index contributed by atoms with van der Waals surface area (Å²) in [6.07, 6.45) is 7.72. The highest BCUT2D eigenvalue weighted by Crippen LogP contribution is 2.58. The van der Waals surface area contributed by atoms with Crippen LogP contribution in [-0.2, 0) is 15.1 Å². The van der Waals surface area contributed by atoms with Gasteiger partial charge in [-0.3, -0.25) is 4.99 Å². The summed E-state index contributed by atoms with van der Waals surface area (Å²) in [6.45, 7) is 6.24. The average molecular weight is 417 g/mol. The molecule has 5 heteroatoms. The summed E-state index contributed by atoms with van der Waals surface area (Å²) < 4.78 is 10.9. The predicted molar refractivity (Wildman–Crippen MR) is 121 cm³/mol. The van der Waals surface area contributed by atoms with E-state index >= 15 is 0 Å². The first-order chi connectivity index (χ1) is 15.0. The van der Waals surface area contributed by atoms with E-state index in [9.17, 15) is 4.79 Å². The summed E-state index contributed by atoms with van der Waals surface area (Å²) in [5.74, 6) is 1.53. The lowest BCUT2D eigenvalue weighted by Crippen LogP contribution is -2.17. The molecule has 0 saturated heterocycles. The van der Waals surface area contributed by atoms with Crippen molar-refractivity contribution in [3.8, 4) is 17.0 Å². The van der Waals surface area contributed by atoms with Crippen LogP contribution in [0.4, 0.5) is 0 Å². The number of hydrogen-bond donors (Lipinski definition) is 0. The zero-order valence-corrected chi connectivity index (χ0v) is 18.4. The Morgan fingerprint density at radius 2 is 1.97 bits per heavy atom. The number of hydrogen-bond acceptors (Lipinski definition) is 5. The number of allylic oxidation sites excluding steroid dienone is 1. The van der Waals surface area contributed by atoms with E-state index in [-0.39, 0.29) is 12.6 Å². The van der Waals surface area contributed by atoms with Crippen LogP contribution >= 0.6 is 0 Å². The lowest BCUT2D eigenvalue weighted by Gasteiger charge is -2.23. The zero-order chi connectivity index (χ0) is 21.6. The highest BCUT2D eigenvalue weighted by Gasteiger charge is 2.41. The minimum Gasteiger partial charge on any atom is -0.482 e. The highest BCUT2D eigenvalue weighted by atomic mass is 16.6. The van der Waals surface area contributed by atoms with Crippen molar-refractivity contribution in [2.24, 2.45) is 4.99 Å². The quantitative estimate of drug-likeness (QED) is 0.600. The number of aliphatic imine (C=N–C) groups is 1. The van der Waals surface area contributed by atoms with Crippen LogP contribution in [0.25, 0.3) is 11.3 Å². The minimum absolute atomic E-state index is 0.0488. The van der Waals surface area contributed by atoms with Gasteiger partial charge >= 0.3 is 5.97 Å². The van der Waals surface area contributed by atoms with Gasteiger partial charge in [0.05, 0.1) is 18.0 Å². The Hall–Kier alpha value is -2.95. The molecule has 3 unspecified atom stereocenters. The summed E-state index contributed by atoms with van der Waals surface area (Å²) >= 11 is 0. The molecule has 5 nitrogen and oxygen atoms in total. The molecule has 1 fully saturated rings. The minimum atomic E-state index is -0.412. The number of nitrogens with zero attached hydrogens (tertiary/aromatic N) is 2. The molecule has 1 aromatic heterocycles. The van der Waals surface area contributed by atoms with Gasteiger partial charge in [0.25, 0.3) is 0 Å². The third-order valence-electron chi connectivity index (χ3n) is 6.75. The Morgan fingerprint density at radius 3 is 2.71 bits per heavy atom. The number of esters is 1. The van der Waals surface area contributed by atoms with E-state index in [1.807, 2.05) is 13.0 Å². The Labute approximate surface area is 183 Å². The topological polar surface area (TPSA) is 60.8 Å². The first-order valence-electron chi connectivity index (χ1n) is 11.2. The van der Waals surface area contributed by atoms with Crippen LogP contribution in [0.5, 0.6) is 5.75 Å². The summed E-state index contributed by atoms with van der Waals surface area (Å²) in [5.41, 5.74) is 6.35. The molecule has 0 radical (unpaired) electrons. The van der Waals surface area contributed by atoms with Crippen LogP contribution in [0.2, 0.25) is 0 Å². The Kier molecular flexibility index (Phi) is 4.92. The van der Waals surface area contributed by atoms with Gasteiger partial charge in [0.15, 0.2) is 6.61 Å². The molecule has 160 valence electrons. The molecule has 2 aliphatic carbocycles. The molecular weight excluding hydrogens is 388 g/mol. The summed E-state index contributed by atoms with van der Waals surface area (Å²) in [5, 5.41) is 0. The van der Waals surface area contributed by atoms with Gasteiger partial charge in [-0.15, -0.1) is 0 Å². The number of benzene rings is 1. The number of ether oxygens (including phenoxy) is 2. The van der Waals surface area contributed by atoms with Crippen LogP contribution in [0, 0.1) is 0 Å². The second-order valence-corrected chi connectivity index (χ2v) is 8.88. The maximum Gasteiger partial charge on any atom is 0.344 e. The number of aromatic nitrogens is 1. The van der Waals surface area contributed by atoms with Crippen molar-refractivity contribution in [1.29, 1.82) is 0 Å². The van der Waals surface area contributed by atoms with E-state index in [0.717, 1.165) is 29.3 Å². The van der Waals surface area contributed by atoms with Gasteiger partial charge < -0.3 is 9.47 Å². The summed E-state index contributed by atoms with van der Waals surface area (Å²) in [7, 11) is 0. The second kappa shape index (κ2) is 7.63. The second-order valence-electron chi connectivity index (χ2n) is 8.88. The molecule has 3 atom stereocenters. The fraction of sp³-hybridized carbons (Fsp3) is 0.423. The average Bonchev–Trinajstić information content (AvgIpc) is 3.48. The van der Waals surface area contributed by atoms with Crippen molar-refractivity contribution in [2.45, 2.75) is 57.4 Å². The molecule has 1 saturated carbocycles. The molecule has 3 aliphatic rings. The van der Waals surface area contributed by atoms with Crippen molar-refractivity contribution in [3.63, 3.8) is 0 Å². The van der Waals surface area contributed by atoms with Crippen LogP contribution in [0.15, 0.2) is 47.5 Å². The number of pyridine rings is 1. The van der Waals surface area contributed by atoms with Crippen LogP contribution in [-0.4, -0.2) is 29.9 Å². The molecule has 2 aromatic rings. The van der Waals surface area contributed by atoms with Crippen LogP contribution in [0.1, 0.15) is 68.7 Å². The summed E-state index contributed by atoms with van der Waals surface area (Å²) in [4.78, 5) is 21.6. The zero-order valence-electron chi connectivity index (χ0n) is 18.4. The molecule has 1 aliphatic heterocycles. The SMILES string of the molecule is CCOC(=O)COc1ccc(-c2cccc(C3(C)C=CC(C)=N3)n2)c2c1C1CCC2C1. The van der Waals surface area contributed by atoms with Gasteiger partial charge in [0, 0.05) is 16.8 Å². The van der Waals surface area contributed by atoms with Gasteiger partial charge in [0.2, 0.25) is 0 Å². The van der Waals surface area contributed by atoms with E-state index < -0.39 is 5.54 Å². The van der Waals surface area contributed by atoms with Gasteiger partial charge in [-0.1, -0.05) is 6.07 Å². The molecular formula is C26H28N2O3. The predicted octanol–water partition coefficient (Wildman–Crippen LogP) is 5.30. The van der Waals surface area contributed by atoms with Crippen molar-refractivity contribution in [2.75, 3.05) is 13.2 Å². The first kappa shape index (κ1) is 20.0. The fourth-order valence-corrected chi connectivity index (χ4v) is 5.40. The molecule has 2 heterocycles. The largest absolute Gasteiger partial charge is 0.482 e. The van der Waals surface area contributed by atoms with Crippen LogP contribution in [0.3, 0.4) is 0 Å². The number of fused-ring (bicyclic) bond motifs is 5. The van der Waals surface area contributed by atoms with Crippen LogP contribution < -0.4 is 4.74 Å². The van der Waals surface area contributed by atoms with E-state index in [0.29, 0.717) is 18.4 Å².